The summed E-state index contributed by atoms with van der Waals surface area (Å²) in [7, 11) is 5.50. The van der Waals surface area contributed by atoms with Crippen molar-refractivity contribution in [2.24, 2.45) is 0 Å². The average Bonchev–Trinajstić information content (AvgIpc) is 2.62. The maximum Gasteiger partial charge on any atom is 0.258 e. The number of rotatable bonds is 4. The molecule has 1 aliphatic heterocycles. The second kappa shape index (κ2) is 8.06. The fourth-order valence-corrected chi connectivity index (χ4v) is 3.76. The number of carbonyl (C=O) groups excluding carboxylic acids is 1. The average molecular weight is 468 g/mol. The Labute approximate surface area is 167 Å². The van der Waals surface area contributed by atoms with Crippen LogP contribution in [0.2, 0.25) is 0 Å². The third-order valence-electron chi connectivity index (χ3n) is 4.93. The van der Waals surface area contributed by atoms with Crippen LogP contribution in [0, 0.1) is 3.57 Å². The van der Waals surface area contributed by atoms with Gasteiger partial charge < -0.3 is 14.4 Å². The summed E-state index contributed by atoms with van der Waals surface area (Å²) in [6.07, 6.45) is 1.73. The predicted octanol–water partition coefficient (Wildman–Crippen LogP) is 1.56. The van der Waals surface area contributed by atoms with Crippen LogP contribution in [0.25, 0.3) is 10.9 Å². The van der Waals surface area contributed by atoms with Crippen molar-refractivity contribution in [2.75, 3.05) is 53.9 Å². The first kappa shape index (κ1) is 19.3. The number of hydrogen-bond acceptors (Lipinski definition) is 4. The van der Waals surface area contributed by atoms with Crippen molar-refractivity contribution in [3.8, 4) is 0 Å². The van der Waals surface area contributed by atoms with Gasteiger partial charge >= 0.3 is 0 Å². The fourth-order valence-electron chi connectivity index (χ4n) is 3.27. The van der Waals surface area contributed by atoms with Crippen LogP contribution in [0.3, 0.4) is 0 Å². The Balaban J connectivity index is 1.96. The van der Waals surface area contributed by atoms with Gasteiger partial charge in [0.1, 0.15) is 5.56 Å². The lowest BCUT2D eigenvalue weighted by Gasteiger charge is -2.32. The van der Waals surface area contributed by atoms with Crippen LogP contribution in [0.4, 0.5) is 0 Å². The van der Waals surface area contributed by atoms with Crippen molar-refractivity contribution in [3.63, 3.8) is 0 Å². The number of fused-ring (bicyclic) bond motifs is 1. The van der Waals surface area contributed by atoms with Crippen molar-refractivity contribution >= 4 is 39.4 Å². The van der Waals surface area contributed by atoms with Gasteiger partial charge in [0.05, 0.1) is 5.52 Å². The van der Waals surface area contributed by atoms with Crippen LogP contribution in [0.1, 0.15) is 10.4 Å². The first-order chi connectivity index (χ1) is 12.4. The van der Waals surface area contributed by atoms with E-state index in [4.69, 9.17) is 0 Å². The number of hydrogen-bond donors (Lipinski definition) is 0. The highest BCUT2D eigenvalue weighted by atomic mass is 127. The normalized spacial score (nSPS) is 16.2. The van der Waals surface area contributed by atoms with Crippen LogP contribution >= 0.6 is 22.6 Å². The van der Waals surface area contributed by atoms with E-state index in [1.807, 2.05) is 18.2 Å². The zero-order valence-electron chi connectivity index (χ0n) is 15.5. The lowest BCUT2D eigenvalue weighted by atomic mass is 10.1. The largest absolute Gasteiger partial charge is 0.345 e. The van der Waals surface area contributed by atoms with E-state index in [2.05, 4.69) is 44.0 Å². The molecule has 2 aromatic rings. The number of halogens is 1. The van der Waals surface area contributed by atoms with Gasteiger partial charge in [0.25, 0.3) is 5.91 Å². The van der Waals surface area contributed by atoms with E-state index < -0.39 is 0 Å². The lowest BCUT2D eigenvalue weighted by molar-refractivity contribution is 0.0825. The summed E-state index contributed by atoms with van der Waals surface area (Å²) in [6, 6.07) is 5.85. The highest BCUT2D eigenvalue weighted by Gasteiger charge is 2.18. The zero-order valence-corrected chi connectivity index (χ0v) is 17.7. The maximum absolute atomic E-state index is 12.8. The van der Waals surface area contributed by atoms with Crippen LogP contribution in [0.15, 0.2) is 29.2 Å². The second-order valence-corrected chi connectivity index (χ2v) is 8.32. The Morgan fingerprint density at radius 3 is 2.50 bits per heavy atom. The third-order valence-corrected chi connectivity index (χ3v) is 5.60. The lowest BCUT2D eigenvalue weighted by Crippen LogP contribution is -2.45. The molecule has 0 spiro atoms. The quantitative estimate of drug-likeness (QED) is 0.640. The topological polar surface area (TPSA) is 48.8 Å². The molecule has 2 heterocycles. The molecule has 0 saturated carbocycles. The molecule has 0 aliphatic carbocycles. The van der Waals surface area contributed by atoms with Gasteiger partial charge in [0, 0.05) is 68.5 Å². The molecule has 6 nitrogen and oxygen atoms in total. The Kier molecular flexibility index (Phi) is 5.99. The summed E-state index contributed by atoms with van der Waals surface area (Å²) < 4.78 is 3.05. The zero-order chi connectivity index (χ0) is 18.8. The molecule has 26 heavy (non-hydrogen) atoms. The minimum Gasteiger partial charge on any atom is -0.345 e. The molecular formula is C19H25IN4O2. The van der Waals surface area contributed by atoms with Crippen molar-refractivity contribution in [3.05, 3.63) is 43.8 Å². The van der Waals surface area contributed by atoms with Gasteiger partial charge in [0.2, 0.25) is 5.43 Å². The molecule has 140 valence electrons. The van der Waals surface area contributed by atoms with Gasteiger partial charge in [0.15, 0.2) is 0 Å². The molecule has 1 aromatic carbocycles. The first-order valence-corrected chi connectivity index (χ1v) is 9.90. The molecule has 0 atom stereocenters. The number of likely N-dealkylation sites (N-methyl/N-ethyl adjacent to an activating group) is 1. The summed E-state index contributed by atoms with van der Waals surface area (Å²) in [5.41, 5.74) is 0.941. The van der Waals surface area contributed by atoms with Gasteiger partial charge in [-0.05, 0) is 47.8 Å². The van der Waals surface area contributed by atoms with Gasteiger partial charge in [-0.3, -0.25) is 14.5 Å². The van der Waals surface area contributed by atoms with E-state index in [0.717, 1.165) is 48.4 Å². The third kappa shape index (κ3) is 4.10. The molecular weight excluding hydrogens is 443 g/mol. The monoisotopic (exact) mass is 468 g/mol. The summed E-state index contributed by atoms with van der Waals surface area (Å²) in [5.74, 6) is -0.246. The number of aromatic nitrogens is 1. The standard InChI is InChI=1S/C19H25IN4O2/c1-21(2)19(26)16-13-24(11-10-23-8-6-22(3)7-9-23)17-5-4-14(20)12-15(17)18(16)25/h4-5,12-13H,6-11H2,1-3H3. The molecule has 7 heteroatoms. The minimum absolute atomic E-state index is 0.187. The summed E-state index contributed by atoms with van der Waals surface area (Å²) in [4.78, 5) is 31.6. The highest BCUT2D eigenvalue weighted by Crippen LogP contribution is 2.17. The van der Waals surface area contributed by atoms with Crippen LogP contribution < -0.4 is 5.43 Å². The van der Waals surface area contributed by atoms with Crippen LogP contribution in [0.5, 0.6) is 0 Å². The van der Waals surface area contributed by atoms with E-state index in [-0.39, 0.29) is 16.9 Å². The van der Waals surface area contributed by atoms with Gasteiger partial charge in [-0.2, -0.15) is 0 Å². The number of amides is 1. The van der Waals surface area contributed by atoms with Crippen LogP contribution in [-0.4, -0.2) is 79.0 Å². The number of piperazine rings is 1. The number of nitrogens with zero attached hydrogens (tertiary/aromatic N) is 4. The van der Waals surface area contributed by atoms with Crippen LogP contribution in [-0.2, 0) is 6.54 Å². The maximum atomic E-state index is 12.8. The van der Waals surface area contributed by atoms with E-state index in [1.165, 1.54) is 4.90 Å². The molecule has 1 fully saturated rings. The smallest absolute Gasteiger partial charge is 0.258 e. The summed E-state index contributed by atoms with van der Waals surface area (Å²) in [5, 5.41) is 0.614. The molecule has 0 N–H and O–H groups in total. The Bertz CT molecular complexity index is 870. The van der Waals surface area contributed by atoms with Crippen molar-refractivity contribution in [1.29, 1.82) is 0 Å². The molecule has 1 aliphatic rings. The fraction of sp³-hybridized carbons (Fsp3) is 0.474. The molecule has 0 radical (unpaired) electrons. The van der Waals surface area contributed by atoms with Crippen molar-refractivity contribution in [1.82, 2.24) is 19.3 Å². The summed E-state index contributed by atoms with van der Waals surface area (Å²) in [6.45, 7) is 5.93. The van der Waals surface area contributed by atoms with Crippen molar-refractivity contribution < 1.29 is 4.79 Å². The summed E-state index contributed by atoms with van der Waals surface area (Å²) >= 11 is 2.20. The van der Waals surface area contributed by atoms with Gasteiger partial charge in [-0.1, -0.05) is 0 Å². The predicted molar refractivity (Wildman–Crippen MR) is 113 cm³/mol. The second-order valence-electron chi connectivity index (χ2n) is 7.07. The Hall–Kier alpha value is -1.45. The SMILES string of the molecule is CN1CCN(CCn2cc(C(=O)N(C)C)c(=O)c3cc(I)ccc32)CC1. The molecule has 0 bridgehead atoms. The Morgan fingerprint density at radius 2 is 1.85 bits per heavy atom. The highest BCUT2D eigenvalue weighted by molar-refractivity contribution is 14.1. The van der Waals surface area contributed by atoms with Gasteiger partial charge in [-0.15, -0.1) is 0 Å². The number of pyridine rings is 1. The van der Waals surface area contributed by atoms with Gasteiger partial charge in [-0.25, -0.2) is 0 Å². The Morgan fingerprint density at radius 1 is 1.15 bits per heavy atom. The molecule has 1 amide bonds. The van der Waals surface area contributed by atoms with E-state index >= 15 is 0 Å². The number of carbonyl (C=O) groups is 1. The van der Waals surface area contributed by atoms with Crippen molar-refractivity contribution in [2.45, 2.75) is 6.54 Å². The van der Waals surface area contributed by atoms with E-state index in [1.54, 1.807) is 20.3 Å². The molecule has 0 unspecified atom stereocenters. The first-order valence-electron chi connectivity index (χ1n) is 8.82. The molecule has 3 rings (SSSR count). The molecule has 1 aromatic heterocycles. The molecule has 1 saturated heterocycles. The number of benzene rings is 1. The minimum atomic E-state index is -0.246. The van der Waals surface area contributed by atoms with E-state index in [9.17, 15) is 9.59 Å². The van der Waals surface area contributed by atoms with E-state index in [0.29, 0.717) is 5.39 Å².